The number of halogens is 4. The lowest BCUT2D eigenvalue weighted by molar-refractivity contribution is -0.181. The molecule has 1 aliphatic rings. The fourth-order valence-corrected chi connectivity index (χ4v) is 5.98. The maximum atomic E-state index is 15.2. The van der Waals surface area contributed by atoms with Gasteiger partial charge < -0.3 is 18.7 Å². The number of nitrogens with zero attached hydrogens (tertiary/aromatic N) is 1. The van der Waals surface area contributed by atoms with Crippen LogP contribution in [0.4, 0.5) is 13.2 Å². The minimum absolute atomic E-state index is 0.445. The van der Waals surface area contributed by atoms with Crippen LogP contribution < -0.4 is 21.4 Å². The van der Waals surface area contributed by atoms with Crippen LogP contribution in [0.5, 0.6) is 0 Å². The van der Waals surface area contributed by atoms with Gasteiger partial charge in [-0.1, -0.05) is 11.6 Å². The Balaban J connectivity index is 2.31. The first-order valence-corrected chi connectivity index (χ1v) is 14.9. The minimum Gasteiger partial charge on any atom is -0.462 e. The van der Waals surface area contributed by atoms with Gasteiger partial charge in [-0.3, -0.25) is 23.9 Å². The standard InChI is InChI=1S/C21H31ClF3N4O8PS/c1-10(2)35-16(30)7-26-38(39,28-12(5)18(32)36-11(3)4)34-9-21(19(24)25)14(23)6-15(37-21)29-8-13(22)17(31)27-20(29)33/h8,10-12,14-15,19H,6-7,9H2,1-5H3,(H2,26,28,39)(H,27,31,33)/t12-,14+,15+,21+,38?/m0/s1. The molecule has 1 aromatic rings. The molecular weight excluding hydrogens is 592 g/mol. The number of esters is 2. The van der Waals surface area contributed by atoms with Gasteiger partial charge in [-0.2, -0.15) is 0 Å². The third-order valence-electron chi connectivity index (χ3n) is 5.24. The Kier molecular flexibility index (Phi) is 11.7. The van der Waals surface area contributed by atoms with Crippen molar-refractivity contribution < 1.29 is 41.5 Å². The lowest BCUT2D eigenvalue weighted by atomic mass is 10.00. The van der Waals surface area contributed by atoms with Crippen LogP contribution in [-0.2, 0) is 40.1 Å². The number of aromatic nitrogens is 2. The molecule has 39 heavy (non-hydrogen) atoms. The van der Waals surface area contributed by atoms with Crippen molar-refractivity contribution in [2.45, 2.75) is 83.7 Å². The number of aromatic amines is 1. The molecule has 0 spiro atoms. The van der Waals surface area contributed by atoms with E-state index < -0.39 is 97.0 Å². The molecule has 222 valence electrons. The summed E-state index contributed by atoms with van der Waals surface area (Å²) in [5.41, 5.74) is -4.88. The number of carbonyl (C=O) groups excluding carboxylic acids is 2. The quantitative estimate of drug-likeness (QED) is 0.219. The number of hydrogen-bond acceptors (Lipinski definition) is 9. The van der Waals surface area contributed by atoms with E-state index in [4.69, 9.17) is 42.1 Å². The zero-order valence-electron chi connectivity index (χ0n) is 21.7. The van der Waals surface area contributed by atoms with Crippen LogP contribution in [0, 0.1) is 0 Å². The summed E-state index contributed by atoms with van der Waals surface area (Å²) in [7, 11) is 0. The van der Waals surface area contributed by atoms with E-state index in [0.29, 0.717) is 4.57 Å². The average molecular weight is 623 g/mol. The van der Waals surface area contributed by atoms with Gasteiger partial charge in [-0.15, -0.1) is 0 Å². The molecule has 1 saturated heterocycles. The van der Waals surface area contributed by atoms with Crippen LogP contribution in [-0.4, -0.2) is 71.1 Å². The van der Waals surface area contributed by atoms with Crippen LogP contribution in [0.15, 0.2) is 15.8 Å². The number of H-pyrrole nitrogens is 1. The zero-order chi connectivity index (χ0) is 29.7. The van der Waals surface area contributed by atoms with Gasteiger partial charge in [0.25, 0.3) is 12.0 Å². The van der Waals surface area contributed by atoms with Gasteiger partial charge in [0.2, 0.25) is 0 Å². The van der Waals surface area contributed by atoms with Gasteiger partial charge in [0.1, 0.15) is 30.0 Å². The fourth-order valence-electron chi connectivity index (χ4n) is 3.41. The van der Waals surface area contributed by atoms with E-state index >= 15 is 4.39 Å². The molecule has 0 bridgehead atoms. The van der Waals surface area contributed by atoms with Crippen molar-refractivity contribution in [2.24, 2.45) is 0 Å². The summed E-state index contributed by atoms with van der Waals surface area (Å²) in [6.07, 6.45) is -8.21. The maximum absolute atomic E-state index is 15.2. The van der Waals surface area contributed by atoms with Crippen LogP contribution >= 0.6 is 18.2 Å². The largest absolute Gasteiger partial charge is 0.462 e. The molecule has 0 aliphatic carbocycles. The van der Waals surface area contributed by atoms with Gasteiger partial charge in [0.15, 0.2) is 12.2 Å². The van der Waals surface area contributed by atoms with Crippen molar-refractivity contribution in [3.05, 3.63) is 32.1 Å². The van der Waals surface area contributed by atoms with Crippen molar-refractivity contribution in [2.75, 3.05) is 13.2 Å². The number of alkyl halides is 3. The Labute approximate surface area is 232 Å². The normalized spacial score (nSPS) is 23.7. The van der Waals surface area contributed by atoms with E-state index in [-0.39, 0.29) is 0 Å². The van der Waals surface area contributed by atoms with Gasteiger partial charge in [-0.05, 0) is 46.4 Å². The SMILES string of the molecule is CC(C)OC(=O)CNP(=S)(N[C@@H](C)C(=O)OC(C)C)OC[C@@]1(C(F)F)O[C@@H](n2cc(Cl)c(=O)[nH]c2=O)C[C@H]1F. The van der Waals surface area contributed by atoms with E-state index in [1.807, 2.05) is 4.98 Å². The molecule has 1 aliphatic heterocycles. The highest BCUT2D eigenvalue weighted by molar-refractivity contribution is 8.10. The van der Waals surface area contributed by atoms with Crippen LogP contribution in [0.1, 0.15) is 47.3 Å². The van der Waals surface area contributed by atoms with Crippen molar-refractivity contribution in [1.29, 1.82) is 0 Å². The highest BCUT2D eigenvalue weighted by Crippen LogP contribution is 2.47. The van der Waals surface area contributed by atoms with Gasteiger partial charge in [0, 0.05) is 12.6 Å². The molecule has 0 saturated carbocycles. The third-order valence-corrected chi connectivity index (χ3v) is 8.32. The molecule has 12 nitrogen and oxygen atoms in total. The number of rotatable bonds is 13. The average Bonchev–Trinajstić information content (AvgIpc) is 3.15. The molecule has 1 unspecified atom stereocenters. The number of hydrogen-bond donors (Lipinski definition) is 3. The van der Waals surface area contributed by atoms with Gasteiger partial charge in [0.05, 0.1) is 18.8 Å². The van der Waals surface area contributed by atoms with Crippen LogP contribution in [0.2, 0.25) is 5.02 Å². The molecule has 0 radical (unpaired) electrons. The fraction of sp³-hybridized carbons (Fsp3) is 0.714. The maximum Gasteiger partial charge on any atom is 0.330 e. The first-order chi connectivity index (χ1) is 18.0. The number of carbonyl (C=O) groups is 2. The monoisotopic (exact) mass is 622 g/mol. The summed E-state index contributed by atoms with van der Waals surface area (Å²) in [6, 6.07) is -1.12. The Hall–Kier alpha value is -1.81. The summed E-state index contributed by atoms with van der Waals surface area (Å²) >= 11 is 11.2. The Morgan fingerprint density at radius 1 is 1.26 bits per heavy atom. The lowest BCUT2D eigenvalue weighted by Gasteiger charge is -2.34. The number of ether oxygens (including phenoxy) is 3. The first-order valence-electron chi connectivity index (χ1n) is 11.8. The first kappa shape index (κ1) is 33.4. The molecule has 2 heterocycles. The molecular formula is C21H31ClF3N4O8PS. The molecule has 2 rings (SSSR count). The summed E-state index contributed by atoms with van der Waals surface area (Å²) in [5, 5.41) is 4.77. The molecule has 1 fully saturated rings. The molecule has 0 amide bonds. The molecule has 5 atom stereocenters. The summed E-state index contributed by atoms with van der Waals surface area (Å²) in [5.74, 6) is -1.49. The summed E-state index contributed by atoms with van der Waals surface area (Å²) < 4.78 is 65.5. The van der Waals surface area contributed by atoms with E-state index in [1.54, 1.807) is 27.7 Å². The third kappa shape index (κ3) is 8.84. The molecule has 0 aromatic carbocycles. The Bertz CT molecular complexity index is 1200. The minimum atomic E-state index is -3.73. The molecule has 18 heteroatoms. The van der Waals surface area contributed by atoms with Crippen molar-refractivity contribution in [3.63, 3.8) is 0 Å². The van der Waals surface area contributed by atoms with E-state index in [0.717, 1.165) is 6.20 Å². The molecule has 3 N–H and O–H groups in total. The highest BCUT2D eigenvalue weighted by atomic mass is 35.5. The summed E-state index contributed by atoms with van der Waals surface area (Å²) in [4.78, 5) is 50.0. The topological polar surface area (TPSA) is 150 Å². The molecule has 1 aromatic heterocycles. The van der Waals surface area contributed by atoms with Gasteiger partial charge in [-0.25, -0.2) is 28.1 Å². The second kappa shape index (κ2) is 13.7. The predicted octanol–water partition coefficient (Wildman–Crippen LogP) is 2.16. The van der Waals surface area contributed by atoms with E-state index in [2.05, 4.69) is 10.2 Å². The van der Waals surface area contributed by atoms with E-state index in [9.17, 15) is 28.0 Å². The Morgan fingerprint density at radius 3 is 2.44 bits per heavy atom. The predicted molar refractivity (Wildman–Crippen MR) is 138 cm³/mol. The zero-order valence-corrected chi connectivity index (χ0v) is 24.2. The Morgan fingerprint density at radius 2 is 1.87 bits per heavy atom. The second-order valence-corrected chi connectivity index (χ2v) is 13.1. The number of nitrogens with one attached hydrogen (secondary N) is 3. The summed E-state index contributed by atoms with van der Waals surface area (Å²) in [6.45, 7) is 2.41. The van der Waals surface area contributed by atoms with Crippen molar-refractivity contribution >= 4 is 41.9 Å². The van der Waals surface area contributed by atoms with Crippen LogP contribution in [0.3, 0.4) is 0 Å². The highest BCUT2D eigenvalue weighted by Gasteiger charge is 2.58. The van der Waals surface area contributed by atoms with E-state index in [1.165, 1.54) is 6.92 Å². The van der Waals surface area contributed by atoms with Gasteiger partial charge >= 0.3 is 17.6 Å². The van der Waals surface area contributed by atoms with Crippen molar-refractivity contribution in [3.8, 4) is 0 Å². The van der Waals surface area contributed by atoms with Crippen molar-refractivity contribution in [1.82, 2.24) is 19.7 Å². The van der Waals surface area contributed by atoms with Crippen LogP contribution in [0.25, 0.3) is 0 Å². The lowest BCUT2D eigenvalue weighted by Crippen LogP contribution is -2.50. The smallest absolute Gasteiger partial charge is 0.330 e. The second-order valence-electron chi connectivity index (χ2n) is 9.21.